The van der Waals surface area contributed by atoms with E-state index < -0.39 is 11.7 Å². The Labute approximate surface area is 212 Å². The summed E-state index contributed by atoms with van der Waals surface area (Å²) < 4.78 is 7.16. The van der Waals surface area contributed by atoms with E-state index in [4.69, 9.17) is 9.84 Å². The molecule has 0 saturated carbocycles. The third-order valence-corrected chi connectivity index (χ3v) is 6.13. The Kier molecular flexibility index (Phi) is 7.76. The number of hydrogen-bond donors (Lipinski definition) is 2. The van der Waals surface area contributed by atoms with Crippen molar-refractivity contribution in [2.75, 3.05) is 25.0 Å². The monoisotopic (exact) mass is 492 g/mol. The molecular weight excluding hydrogens is 456 g/mol. The van der Waals surface area contributed by atoms with E-state index in [2.05, 4.69) is 22.5 Å². The second-order valence-corrected chi connectivity index (χ2v) is 10.2. The Hall–Kier alpha value is -3.62. The number of likely N-dealkylation sites (tertiary alicyclic amines) is 1. The Bertz CT molecular complexity index is 1190. The van der Waals surface area contributed by atoms with Gasteiger partial charge in [-0.2, -0.15) is 0 Å². The van der Waals surface area contributed by atoms with E-state index in [0.717, 1.165) is 42.1 Å². The summed E-state index contributed by atoms with van der Waals surface area (Å²) in [4.78, 5) is 31.4. The fourth-order valence-electron chi connectivity index (χ4n) is 4.22. The molecule has 2 amide bonds. The lowest BCUT2D eigenvalue weighted by Gasteiger charge is -2.33. The summed E-state index contributed by atoms with van der Waals surface area (Å²) in [7, 11) is 0. The highest BCUT2D eigenvalue weighted by molar-refractivity contribution is 5.94. The van der Waals surface area contributed by atoms with Crippen LogP contribution in [0, 0.1) is 0 Å². The first-order valence-corrected chi connectivity index (χ1v) is 12.7. The Balaban J connectivity index is 1.37. The van der Waals surface area contributed by atoms with E-state index in [1.54, 1.807) is 6.20 Å². The van der Waals surface area contributed by atoms with Gasteiger partial charge >= 0.3 is 6.09 Å². The molecule has 3 heterocycles. The van der Waals surface area contributed by atoms with Crippen molar-refractivity contribution >= 4 is 23.5 Å². The van der Waals surface area contributed by atoms with Gasteiger partial charge in [-0.05, 0) is 64.3 Å². The Morgan fingerprint density at radius 3 is 2.47 bits per heavy atom. The second-order valence-electron chi connectivity index (χ2n) is 10.2. The number of aromatic nitrogens is 3. The largest absolute Gasteiger partial charge is 0.444 e. The molecule has 36 heavy (non-hydrogen) atoms. The molecule has 0 aliphatic carbocycles. The zero-order valence-electron chi connectivity index (χ0n) is 21.6. The molecule has 1 aliphatic heterocycles. The highest BCUT2D eigenvalue weighted by Gasteiger charge is 2.26. The average Bonchev–Trinajstić information content (AvgIpc) is 3.26. The number of piperidine rings is 1. The van der Waals surface area contributed by atoms with E-state index in [-0.39, 0.29) is 11.9 Å². The minimum Gasteiger partial charge on any atom is -0.444 e. The summed E-state index contributed by atoms with van der Waals surface area (Å²) in [6, 6.07) is 11.5. The number of fused-ring (bicyclic) bond motifs is 1. The van der Waals surface area contributed by atoms with Gasteiger partial charge < -0.3 is 20.3 Å². The lowest BCUT2D eigenvalue weighted by molar-refractivity contribution is 0.0473. The molecule has 1 saturated heterocycles. The van der Waals surface area contributed by atoms with Crippen LogP contribution in [0.25, 0.3) is 16.9 Å². The first-order valence-electron chi connectivity index (χ1n) is 12.7. The molecule has 1 aromatic carbocycles. The maximum atomic E-state index is 13.1. The van der Waals surface area contributed by atoms with Gasteiger partial charge in [0.25, 0.3) is 5.91 Å². The van der Waals surface area contributed by atoms with E-state index in [0.29, 0.717) is 31.5 Å². The minimum atomic E-state index is -0.528. The highest BCUT2D eigenvalue weighted by atomic mass is 16.6. The van der Waals surface area contributed by atoms with Crippen LogP contribution in [0.5, 0.6) is 0 Å². The van der Waals surface area contributed by atoms with Gasteiger partial charge in [-0.1, -0.05) is 25.5 Å². The summed E-state index contributed by atoms with van der Waals surface area (Å²) in [6.45, 7) is 9.74. The van der Waals surface area contributed by atoms with Crippen molar-refractivity contribution in [1.82, 2.24) is 24.8 Å². The molecule has 2 N–H and O–H groups in total. The van der Waals surface area contributed by atoms with Crippen molar-refractivity contribution in [3.63, 3.8) is 0 Å². The van der Waals surface area contributed by atoms with Crippen LogP contribution in [-0.2, 0) is 4.74 Å². The predicted molar refractivity (Wildman–Crippen MR) is 140 cm³/mol. The molecule has 0 radical (unpaired) electrons. The minimum absolute atomic E-state index is 0.00375. The van der Waals surface area contributed by atoms with E-state index in [9.17, 15) is 9.59 Å². The summed E-state index contributed by atoms with van der Waals surface area (Å²) >= 11 is 0. The molecular formula is C27H36N6O3. The third kappa shape index (κ3) is 6.33. The quantitative estimate of drug-likeness (QED) is 0.462. The van der Waals surface area contributed by atoms with E-state index in [1.807, 2.05) is 66.6 Å². The van der Waals surface area contributed by atoms with Gasteiger partial charge in [0.05, 0.1) is 11.9 Å². The van der Waals surface area contributed by atoms with Gasteiger partial charge in [-0.3, -0.25) is 4.79 Å². The number of benzene rings is 1. The fourth-order valence-corrected chi connectivity index (χ4v) is 4.22. The zero-order chi connectivity index (χ0) is 25.7. The molecule has 1 aliphatic rings. The topological polar surface area (TPSA) is 101 Å². The molecule has 0 bridgehead atoms. The molecule has 192 valence electrons. The van der Waals surface area contributed by atoms with Crippen LogP contribution < -0.4 is 10.6 Å². The molecule has 2 aromatic heterocycles. The fraction of sp³-hybridized carbons (Fsp3) is 0.481. The van der Waals surface area contributed by atoms with Crippen LogP contribution in [0.4, 0.5) is 10.6 Å². The maximum Gasteiger partial charge on any atom is 0.407 e. The molecule has 0 atom stereocenters. The van der Waals surface area contributed by atoms with Crippen molar-refractivity contribution in [1.29, 1.82) is 0 Å². The average molecular weight is 493 g/mol. The van der Waals surface area contributed by atoms with Crippen LogP contribution in [0.3, 0.4) is 0 Å². The smallest absolute Gasteiger partial charge is 0.407 e. The highest BCUT2D eigenvalue weighted by Crippen LogP contribution is 2.23. The van der Waals surface area contributed by atoms with Gasteiger partial charge in [-0.15, -0.1) is 5.10 Å². The first kappa shape index (κ1) is 25.5. The normalized spacial score (nSPS) is 14.6. The SMILES string of the molecule is CCCCNc1ccc2ncc(-c3ccc(C(=O)N4CCC(NC(=O)OC(C)(C)C)CC4)cc3)n2n1. The lowest BCUT2D eigenvalue weighted by atomic mass is 10.0. The van der Waals surface area contributed by atoms with Gasteiger partial charge in [0.15, 0.2) is 5.65 Å². The predicted octanol–water partition coefficient (Wildman–Crippen LogP) is 4.74. The number of imidazole rings is 1. The summed E-state index contributed by atoms with van der Waals surface area (Å²) in [5.74, 6) is 0.808. The lowest BCUT2D eigenvalue weighted by Crippen LogP contribution is -2.47. The zero-order valence-corrected chi connectivity index (χ0v) is 21.6. The standard InChI is InChI=1S/C27H36N6O3/c1-5-6-15-28-23-11-12-24-29-18-22(33(24)31-23)19-7-9-20(10-8-19)25(34)32-16-13-21(14-17-32)30-26(35)36-27(2,3)4/h7-12,18,21H,5-6,13-17H2,1-4H3,(H,28,31)(H,30,35). The number of carbonyl (C=O) groups excluding carboxylic acids is 2. The molecule has 9 heteroatoms. The number of anilines is 1. The van der Waals surface area contributed by atoms with Crippen molar-refractivity contribution in [3.8, 4) is 11.3 Å². The van der Waals surface area contributed by atoms with Crippen LogP contribution in [0.15, 0.2) is 42.6 Å². The van der Waals surface area contributed by atoms with Gasteiger partial charge in [0.1, 0.15) is 11.4 Å². The second kappa shape index (κ2) is 11.0. The van der Waals surface area contributed by atoms with Gasteiger partial charge in [0.2, 0.25) is 0 Å². The number of carbonyl (C=O) groups is 2. The molecule has 4 rings (SSSR count). The van der Waals surface area contributed by atoms with Gasteiger partial charge in [-0.25, -0.2) is 14.3 Å². The molecule has 3 aromatic rings. The number of nitrogens with one attached hydrogen (secondary N) is 2. The number of ether oxygens (including phenoxy) is 1. The summed E-state index contributed by atoms with van der Waals surface area (Å²) in [5.41, 5.74) is 2.70. The number of unbranched alkanes of at least 4 members (excludes halogenated alkanes) is 1. The Morgan fingerprint density at radius 1 is 1.08 bits per heavy atom. The van der Waals surface area contributed by atoms with Crippen molar-refractivity contribution in [3.05, 3.63) is 48.2 Å². The first-order chi connectivity index (χ1) is 17.2. The van der Waals surface area contributed by atoms with Gasteiger partial charge in [0, 0.05) is 36.8 Å². The number of alkyl carbamates (subject to hydrolysis) is 1. The molecule has 1 fully saturated rings. The summed E-state index contributed by atoms with van der Waals surface area (Å²) in [5, 5.41) is 11.0. The molecule has 9 nitrogen and oxygen atoms in total. The number of hydrogen-bond acceptors (Lipinski definition) is 6. The molecule has 0 spiro atoms. The number of amides is 2. The number of nitrogens with zero attached hydrogens (tertiary/aromatic N) is 4. The van der Waals surface area contributed by atoms with Crippen molar-refractivity contribution in [2.45, 2.75) is 65.0 Å². The van der Waals surface area contributed by atoms with Crippen LogP contribution >= 0.6 is 0 Å². The van der Waals surface area contributed by atoms with Crippen LogP contribution in [-0.4, -0.2) is 62.8 Å². The maximum absolute atomic E-state index is 13.1. The van der Waals surface area contributed by atoms with Crippen molar-refractivity contribution < 1.29 is 14.3 Å². The van der Waals surface area contributed by atoms with E-state index in [1.165, 1.54) is 0 Å². The molecule has 0 unspecified atom stereocenters. The van der Waals surface area contributed by atoms with Crippen LogP contribution in [0.1, 0.15) is 63.7 Å². The van der Waals surface area contributed by atoms with Crippen molar-refractivity contribution in [2.24, 2.45) is 0 Å². The van der Waals surface area contributed by atoms with E-state index >= 15 is 0 Å². The number of rotatable bonds is 7. The van der Waals surface area contributed by atoms with Crippen LogP contribution in [0.2, 0.25) is 0 Å². The third-order valence-electron chi connectivity index (χ3n) is 6.13. The Morgan fingerprint density at radius 2 is 1.81 bits per heavy atom. The summed E-state index contributed by atoms with van der Waals surface area (Å²) in [6.07, 6.45) is 5.00.